The molecule has 20 heavy (non-hydrogen) atoms. The molecule has 1 rings (SSSR count). The number of aliphatic hydroxyl groups is 1. The molecule has 2 unspecified atom stereocenters. The molecular weight excluding hydrogens is 258 g/mol. The van der Waals surface area contributed by atoms with Crippen LogP contribution in [0.5, 0.6) is 11.5 Å². The van der Waals surface area contributed by atoms with Crippen molar-refractivity contribution in [3.63, 3.8) is 0 Å². The fourth-order valence-electron chi connectivity index (χ4n) is 1.78. The van der Waals surface area contributed by atoms with Gasteiger partial charge in [0.1, 0.15) is 0 Å². The van der Waals surface area contributed by atoms with Crippen molar-refractivity contribution in [3.8, 4) is 11.5 Å². The monoisotopic (exact) mass is 281 g/mol. The molecule has 1 aromatic carbocycles. The molecular formula is C15H23NO4. The number of benzene rings is 1. The van der Waals surface area contributed by atoms with Crippen molar-refractivity contribution < 1.29 is 19.4 Å². The molecule has 0 radical (unpaired) electrons. The molecule has 1 amide bonds. The molecule has 2 atom stereocenters. The van der Waals surface area contributed by atoms with Gasteiger partial charge in [-0.05, 0) is 30.5 Å². The molecule has 0 saturated heterocycles. The molecule has 0 aliphatic carbocycles. The second-order valence-electron chi connectivity index (χ2n) is 4.88. The predicted octanol–water partition coefficient (Wildman–Crippen LogP) is 1.38. The van der Waals surface area contributed by atoms with E-state index in [0.29, 0.717) is 11.5 Å². The first-order chi connectivity index (χ1) is 9.51. The Balaban J connectivity index is 2.66. The number of nitrogens with one attached hydrogen (secondary N) is 1. The maximum absolute atomic E-state index is 11.9. The van der Waals surface area contributed by atoms with Gasteiger partial charge in [-0.25, -0.2) is 0 Å². The average molecular weight is 281 g/mol. The molecule has 5 nitrogen and oxygen atoms in total. The van der Waals surface area contributed by atoms with Gasteiger partial charge >= 0.3 is 0 Å². The maximum atomic E-state index is 11.9. The van der Waals surface area contributed by atoms with Crippen molar-refractivity contribution in [3.05, 3.63) is 23.8 Å². The first-order valence-electron chi connectivity index (χ1n) is 6.63. The van der Waals surface area contributed by atoms with E-state index in [-0.39, 0.29) is 30.9 Å². The number of rotatable bonds is 7. The van der Waals surface area contributed by atoms with Crippen molar-refractivity contribution in [2.45, 2.75) is 26.3 Å². The van der Waals surface area contributed by atoms with Gasteiger partial charge in [0.2, 0.25) is 5.91 Å². The van der Waals surface area contributed by atoms with Crippen molar-refractivity contribution in [2.75, 3.05) is 20.8 Å². The Morgan fingerprint density at radius 1 is 1.25 bits per heavy atom. The quantitative estimate of drug-likeness (QED) is 0.792. The van der Waals surface area contributed by atoms with Crippen LogP contribution in [-0.2, 0) is 11.2 Å². The third kappa shape index (κ3) is 4.42. The molecule has 2 N–H and O–H groups in total. The van der Waals surface area contributed by atoms with Crippen LogP contribution in [0.2, 0.25) is 0 Å². The summed E-state index contributed by atoms with van der Waals surface area (Å²) in [7, 11) is 3.13. The number of ether oxygens (including phenoxy) is 2. The van der Waals surface area contributed by atoms with Crippen LogP contribution in [0.4, 0.5) is 0 Å². The van der Waals surface area contributed by atoms with E-state index in [2.05, 4.69) is 5.32 Å². The fraction of sp³-hybridized carbons (Fsp3) is 0.533. The van der Waals surface area contributed by atoms with E-state index in [9.17, 15) is 4.79 Å². The largest absolute Gasteiger partial charge is 0.493 e. The minimum Gasteiger partial charge on any atom is -0.493 e. The first kappa shape index (κ1) is 16.3. The van der Waals surface area contributed by atoms with Crippen LogP contribution in [0, 0.1) is 5.92 Å². The zero-order valence-corrected chi connectivity index (χ0v) is 12.5. The molecule has 0 fully saturated rings. The predicted molar refractivity (Wildman–Crippen MR) is 77.1 cm³/mol. The highest BCUT2D eigenvalue weighted by atomic mass is 16.5. The van der Waals surface area contributed by atoms with Gasteiger partial charge in [-0.1, -0.05) is 13.0 Å². The first-order valence-corrected chi connectivity index (χ1v) is 6.63. The molecule has 0 spiro atoms. The maximum Gasteiger partial charge on any atom is 0.224 e. The number of hydrogen-bond donors (Lipinski definition) is 2. The van der Waals surface area contributed by atoms with Crippen LogP contribution in [-0.4, -0.2) is 37.9 Å². The normalized spacial score (nSPS) is 13.4. The topological polar surface area (TPSA) is 67.8 Å². The van der Waals surface area contributed by atoms with Gasteiger partial charge < -0.3 is 19.9 Å². The Morgan fingerprint density at radius 3 is 2.45 bits per heavy atom. The lowest BCUT2D eigenvalue weighted by atomic mass is 10.0. The van der Waals surface area contributed by atoms with Crippen LogP contribution in [0.15, 0.2) is 18.2 Å². The van der Waals surface area contributed by atoms with Gasteiger partial charge in [0, 0.05) is 12.6 Å². The Bertz CT molecular complexity index is 447. The summed E-state index contributed by atoms with van der Waals surface area (Å²) in [6.45, 7) is 3.83. The second-order valence-corrected chi connectivity index (χ2v) is 4.88. The number of amides is 1. The van der Waals surface area contributed by atoms with Crippen LogP contribution in [0.1, 0.15) is 19.4 Å². The number of carbonyl (C=O) groups excluding carboxylic acids is 1. The van der Waals surface area contributed by atoms with Gasteiger partial charge in [-0.3, -0.25) is 4.79 Å². The SMILES string of the molecule is COc1ccc(CC(=O)NC(C)C(C)CO)cc1OC. The van der Waals surface area contributed by atoms with Gasteiger partial charge in [-0.2, -0.15) is 0 Å². The van der Waals surface area contributed by atoms with E-state index in [4.69, 9.17) is 14.6 Å². The molecule has 0 aliphatic heterocycles. The second kappa shape index (κ2) is 7.75. The number of methoxy groups -OCH3 is 2. The number of hydrogen-bond acceptors (Lipinski definition) is 4. The molecule has 0 aromatic heterocycles. The average Bonchev–Trinajstić information content (AvgIpc) is 2.45. The van der Waals surface area contributed by atoms with E-state index in [1.807, 2.05) is 19.9 Å². The molecule has 0 saturated carbocycles. The summed E-state index contributed by atoms with van der Waals surface area (Å²) in [5.41, 5.74) is 0.851. The highest BCUT2D eigenvalue weighted by Gasteiger charge is 2.14. The van der Waals surface area contributed by atoms with Gasteiger partial charge in [-0.15, -0.1) is 0 Å². The van der Waals surface area contributed by atoms with Crippen molar-refractivity contribution in [1.82, 2.24) is 5.32 Å². The highest BCUT2D eigenvalue weighted by molar-refractivity contribution is 5.79. The van der Waals surface area contributed by atoms with Gasteiger partial charge in [0.15, 0.2) is 11.5 Å². The fourth-order valence-corrected chi connectivity index (χ4v) is 1.78. The molecule has 0 aliphatic rings. The van der Waals surface area contributed by atoms with E-state index in [0.717, 1.165) is 5.56 Å². The van der Waals surface area contributed by atoms with E-state index >= 15 is 0 Å². The Morgan fingerprint density at radius 2 is 1.90 bits per heavy atom. The van der Waals surface area contributed by atoms with Crippen LogP contribution < -0.4 is 14.8 Å². The minimum absolute atomic E-state index is 0.0318. The lowest BCUT2D eigenvalue weighted by Gasteiger charge is -2.19. The lowest BCUT2D eigenvalue weighted by molar-refractivity contribution is -0.121. The summed E-state index contributed by atoms with van der Waals surface area (Å²) in [4.78, 5) is 11.9. The number of aliphatic hydroxyl groups excluding tert-OH is 1. The summed E-state index contributed by atoms with van der Waals surface area (Å²) in [6.07, 6.45) is 0.267. The van der Waals surface area contributed by atoms with Crippen LogP contribution in [0.3, 0.4) is 0 Å². The molecule has 112 valence electrons. The summed E-state index contributed by atoms with van der Waals surface area (Å²) in [5.74, 6) is 1.20. The molecule has 1 aromatic rings. The molecule has 0 bridgehead atoms. The molecule has 5 heteroatoms. The van der Waals surface area contributed by atoms with Gasteiger partial charge in [0.25, 0.3) is 0 Å². The van der Waals surface area contributed by atoms with E-state index < -0.39 is 0 Å². The molecule has 0 heterocycles. The number of carbonyl (C=O) groups is 1. The van der Waals surface area contributed by atoms with E-state index in [1.54, 1.807) is 26.4 Å². The Hall–Kier alpha value is -1.75. The zero-order valence-electron chi connectivity index (χ0n) is 12.5. The van der Waals surface area contributed by atoms with Crippen molar-refractivity contribution in [1.29, 1.82) is 0 Å². The third-order valence-electron chi connectivity index (χ3n) is 3.34. The third-order valence-corrected chi connectivity index (χ3v) is 3.34. The van der Waals surface area contributed by atoms with Crippen molar-refractivity contribution in [2.24, 2.45) is 5.92 Å². The van der Waals surface area contributed by atoms with Crippen molar-refractivity contribution >= 4 is 5.91 Å². The summed E-state index contributed by atoms with van der Waals surface area (Å²) in [5, 5.41) is 11.9. The summed E-state index contributed by atoms with van der Waals surface area (Å²) >= 11 is 0. The Labute approximate surface area is 119 Å². The van der Waals surface area contributed by atoms with Gasteiger partial charge in [0.05, 0.1) is 20.6 Å². The summed E-state index contributed by atoms with van der Waals surface area (Å²) < 4.78 is 10.4. The van der Waals surface area contributed by atoms with Crippen LogP contribution >= 0.6 is 0 Å². The standard InChI is InChI=1S/C15H23NO4/c1-10(9-17)11(2)16-15(18)8-12-5-6-13(19-3)14(7-12)20-4/h5-7,10-11,17H,8-9H2,1-4H3,(H,16,18). The zero-order chi connectivity index (χ0) is 15.1. The van der Waals surface area contributed by atoms with Crippen LogP contribution in [0.25, 0.3) is 0 Å². The van der Waals surface area contributed by atoms with E-state index in [1.165, 1.54) is 0 Å². The smallest absolute Gasteiger partial charge is 0.224 e. The lowest BCUT2D eigenvalue weighted by Crippen LogP contribution is -2.39. The highest BCUT2D eigenvalue weighted by Crippen LogP contribution is 2.27. The minimum atomic E-state index is -0.0787. The summed E-state index contributed by atoms with van der Waals surface area (Å²) in [6, 6.07) is 5.34. The Kier molecular flexibility index (Phi) is 6.31.